The van der Waals surface area contributed by atoms with Crippen LogP contribution in [0.5, 0.6) is 0 Å². The summed E-state index contributed by atoms with van der Waals surface area (Å²) in [5, 5.41) is 8.04. The van der Waals surface area contributed by atoms with Crippen LogP contribution in [0.3, 0.4) is 0 Å². The highest BCUT2D eigenvalue weighted by molar-refractivity contribution is 6.31. The Hall–Kier alpha value is -7.31. The quantitative estimate of drug-likeness (QED) is 0.283. The Morgan fingerprint density at radius 3 is 1.87 bits per heavy atom. The molecule has 1 saturated carbocycles. The number of rotatable bonds is 10. The molecule has 3 N–H and O–H groups in total. The molecule has 510 valence electrons. The summed E-state index contributed by atoms with van der Waals surface area (Å²) in [7, 11) is 9.95. The van der Waals surface area contributed by atoms with Crippen LogP contribution < -0.4 is 16.0 Å². The Morgan fingerprint density at radius 1 is 0.674 bits per heavy atom. The number of aryl methyl sites for hydroxylation is 2. The standard InChI is InChI=1S/C66H97ClF3N11O11/c1-16-41(6)56-62(90)76(11)37-54(84)74(9)38-55(85)79(14)51(35-45-23-18-17-22-42(45)7)61(89)75(10)36-52(82)71-48(28-26-44-25-27-46(47(67)34-44)66(68,69)70)60(88)81-31-21-24-49(81)59(87)73-65(29-19-20-30-65)64(92)80(15)57(40(4)5)63(91)77(12)43(8)33-53(83)78(13)50(32-39(2)3)58(86)72-56/h17-18,22-23,25,27,34,39-41,43,48-51,56-57H,16,19-21,24,26,28-33,35-38H2,1-15H3,(H,71,82)(H,72,86)(H,73,87)/t41-,43+,48-,49?,50-,51-,56-,57-/m0/s1. The zero-order chi connectivity index (χ0) is 69.0. The minimum Gasteiger partial charge on any atom is -0.343 e. The summed E-state index contributed by atoms with van der Waals surface area (Å²) in [4.78, 5) is 170. The topological polar surface area (TPSA) is 250 Å². The lowest BCUT2D eigenvalue weighted by Gasteiger charge is -2.41. The van der Waals surface area contributed by atoms with E-state index in [2.05, 4.69) is 16.0 Å². The fourth-order valence-corrected chi connectivity index (χ4v) is 12.8. The first-order valence-electron chi connectivity index (χ1n) is 31.9. The van der Waals surface area contributed by atoms with Crippen molar-refractivity contribution >= 4 is 76.6 Å². The highest BCUT2D eigenvalue weighted by atomic mass is 35.5. The number of halogens is 4. The van der Waals surface area contributed by atoms with E-state index in [4.69, 9.17) is 11.6 Å². The second-order valence-electron chi connectivity index (χ2n) is 26.4. The van der Waals surface area contributed by atoms with Gasteiger partial charge in [-0.25, -0.2) is 0 Å². The van der Waals surface area contributed by atoms with Crippen LogP contribution >= 0.6 is 11.6 Å². The summed E-state index contributed by atoms with van der Waals surface area (Å²) in [6.45, 7) is 12.7. The van der Waals surface area contributed by atoms with E-state index in [0.29, 0.717) is 36.8 Å². The van der Waals surface area contributed by atoms with Gasteiger partial charge in [0.2, 0.25) is 65.0 Å². The maximum Gasteiger partial charge on any atom is 0.417 e. The molecule has 26 heteroatoms. The summed E-state index contributed by atoms with van der Waals surface area (Å²) in [5.41, 5.74) is -0.813. The number of amides is 11. The number of nitrogens with zero attached hydrogens (tertiary/aromatic N) is 8. The van der Waals surface area contributed by atoms with Gasteiger partial charge in [-0.15, -0.1) is 0 Å². The molecule has 2 aromatic rings. The van der Waals surface area contributed by atoms with Gasteiger partial charge in [0.05, 0.1) is 30.2 Å². The van der Waals surface area contributed by atoms with Crippen molar-refractivity contribution in [2.75, 3.05) is 75.5 Å². The molecular formula is C66H97ClF3N11O11. The molecule has 0 bridgehead atoms. The van der Waals surface area contributed by atoms with Crippen LogP contribution in [0.15, 0.2) is 42.5 Å². The third-order valence-corrected chi connectivity index (χ3v) is 18.9. The Kier molecular flexibility index (Phi) is 26.6. The molecule has 1 unspecified atom stereocenters. The fraction of sp³-hybridized carbons (Fsp3) is 0.652. The zero-order valence-electron chi connectivity index (χ0n) is 56.2. The predicted octanol–water partition coefficient (Wildman–Crippen LogP) is 5.09. The summed E-state index contributed by atoms with van der Waals surface area (Å²) < 4.78 is 41.3. The van der Waals surface area contributed by atoms with E-state index in [1.807, 2.05) is 33.8 Å². The van der Waals surface area contributed by atoms with Crippen molar-refractivity contribution in [3.63, 3.8) is 0 Å². The van der Waals surface area contributed by atoms with Crippen LogP contribution in [0.2, 0.25) is 5.02 Å². The molecule has 3 fully saturated rings. The number of likely N-dealkylation sites (N-methyl/N-ethyl adjacent to an activating group) is 7. The number of nitrogens with one attached hydrogen (secondary N) is 3. The molecular weight excluding hydrogens is 1220 g/mol. The number of carbonyl (C=O) groups excluding carboxylic acids is 11. The number of hydrogen-bond donors (Lipinski definition) is 3. The summed E-state index contributed by atoms with van der Waals surface area (Å²) in [6, 6.07) is 2.36. The zero-order valence-corrected chi connectivity index (χ0v) is 57.0. The monoisotopic (exact) mass is 1310 g/mol. The number of fused-ring (bicyclic) bond motifs is 1. The van der Waals surface area contributed by atoms with Gasteiger partial charge in [-0.1, -0.05) is 103 Å². The van der Waals surface area contributed by atoms with E-state index in [1.54, 1.807) is 45.9 Å². The van der Waals surface area contributed by atoms with Crippen molar-refractivity contribution in [3.8, 4) is 0 Å². The van der Waals surface area contributed by atoms with Crippen LogP contribution in [0.25, 0.3) is 0 Å². The Bertz CT molecular complexity index is 3030. The lowest BCUT2D eigenvalue weighted by atomic mass is 9.91. The second-order valence-corrected chi connectivity index (χ2v) is 26.8. The van der Waals surface area contributed by atoms with E-state index in [-0.39, 0.29) is 63.8 Å². The van der Waals surface area contributed by atoms with Gasteiger partial charge in [0, 0.05) is 74.8 Å². The molecule has 1 spiro atoms. The second kappa shape index (κ2) is 32.5. The Balaban J connectivity index is 1.58. The van der Waals surface area contributed by atoms with Gasteiger partial charge in [0.15, 0.2) is 0 Å². The van der Waals surface area contributed by atoms with Crippen LogP contribution in [0, 0.1) is 24.7 Å². The third-order valence-electron chi connectivity index (χ3n) is 18.6. The molecule has 2 heterocycles. The van der Waals surface area contributed by atoms with Crippen molar-refractivity contribution in [2.45, 2.75) is 186 Å². The van der Waals surface area contributed by atoms with Crippen molar-refractivity contribution < 1.29 is 65.9 Å². The van der Waals surface area contributed by atoms with Crippen LogP contribution in [0.4, 0.5) is 13.2 Å². The maximum absolute atomic E-state index is 15.1. The molecule has 5 rings (SSSR count). The average Bonchev–Trinajstić information content (AvgIpc) is 1.59. The summed E-state index contributed by atoms with van der Waals surface area (Å²) in [5.74, 6) is -8.05. The summed E-state index contributed by atoms with van der Waals surface area (Å²) in [6.07, 6.45) is -2.71. The van der Waals surface area contributed by atoms with Crippen molar-refractivity contribution in [1.29, 1.82) is 0 Å². The van der Waals surface area contributed by atoms with E-state index in [0.717, 1.165) is 32.4 Å². The van der Waals surface area contributed by atoms with Crippen molar-refractivity contribution in [1.82, 2.24) is 55.1 Å². The van der Waals surface area contributed by atoms with Crippen LogP contribution in [0.1, 0.15) is 135 Å². The minimum atomic E-state index is -4.75. The van der Waals surface area contributed by atoms with E-state index >= 15 is 9.59 Å². The molecule has 92 heavy (non-hydrogen) atoms. The van der Waals surface area contributed by atoms with E-state index in [9.17, 15) is 56.3 Å². The predicted molar refractivity (Wildman–Crippen MR) is 341 cm³/mol. The molecule has 8 atom stereocenters. The molecule has 3 aliphatic rings. The largest absolute Gasteiger partial charge is 0.417 e. The Labute approximate surface area is 544 Å². The van der Waals surface area contributed by atoms with Gasteiger partial charge in [-0.2, -0.15) is 13.2 Å². The number of alkyl halides is 3. The normalized spacial score (nSPS) is 24.9. The molecule has 0 radical (unpaired) electrons. The molecule has 2 aromatic carbocycles. The van der Waals surface area contributed by atoms with Gasteiger partial charge >= 0.3 is 6.18 Å². The van der Waals surface area contributed by atoms with E-state index in [1.165, 1.54) is 79.9 Å². The molecule has 2 saturated heterocycles. The van der Waals surface area contributed by atoms with Gasteiger partial charge in [-0.3, -0.25) is 52.7 Å². The van der Waals surface area contributed by atoms with Gasteiger partial charge in [0.1, 0.15) is 41.8 Å². The average molecular weight is 1310 g/mol. The first kappa shape index (κ1) is 75.4. The summed E-state index contributed by atoms with van der Waals surface area (Å²) >= 11 is 6.11. The Morgan fingerprint density at radius 2 is 1.28 bits per heavy atom. The molecule has 22 nitrogen and oxygen atoms in total. The fourth-order valence-electron chi connectivity index (χ4n) is 12.5. The molecule has 2 aliphatic heterocycles. The smallest absolute Gasteiger partial charge is 0.343 e. The lowest BCUT2D eigenvalue weighted by molar-refractivity contribution is -0.152. The molecule has 1 aliphatic carbocycles. The SMILES string of the molecule is CC[C@H](C)[C@@H]1NC(=O)[C@H](CC(C)C)N(C)C(=O)C[C@@H](C)N(C)C(=O)[C@H](C(C)C)N(C)C(=O)C2(CCCC2)NC(=O)C2CCCN2C(=O)[C@H](CCc2ccc(C(F)(F)F)c(Cl)c2)NC(=O)CN(C)C(=O)[C@H](Cc2ccccc2C)N(C)C(=O)CN(C)C(=O)CN(C)C1=O. The van der Waals surface area contributed by atoms with E-state index < -0.39 is 161 Å². The third kappa shape index (κ3) is 18.7. The molecule has 0 aromatic heterocycles. The number of hydrogen-bond acceptors (Lipinski definition) is 11. The van der Waals surface area contributed by atoms with Crippen molar-refractivity contribution in [2.24, 2.45) is 17.8 Å². The van der Waals surface area contributed by atoms with Crippen molar-refractivity contribution in [3.05, 3.63) is 69.7 Å². The van der Waals surface area contributed by atoms with Gasteiger partial charge < -0.3 is 55.1 Å². The highest BCUT2D eigenvalue weighted by Crippen LogP contribution is 2.36. The van der Waals surface area contributed by atoms with Gasteiger partial charge in [-0.05, 0) is 105 Å². The first-order chi connectivity index (χ1) is 43.0. The highest BCUT2D eigenvalue weighted by Gasteiger charge is 2.50. The number of carbonyl (C=O) groups is 11. The first-order valence-corrected chi connectivity index (χ1v) is 32.3. The maximum atomic E-state index is 15.1. The lowest BCUT2D eigenvalue weighted by Crippen LogP contribution is -2.64. The van der Waals surface area contributed by atoms with Crippen LogP contribution in [-0.4, -0.2) is 228 Å². The minimum absolute atomic E-state index is 0.0371. The number of benzene rings is 2. The van der Waals surface area contributed by atoms with Gasteiger partial charge in [0.25, 0.3) is 0 Å². The van der Waals surface area contributed by atoms with Crippen LogP contribution in [-0.2, 0) is 71.8 Å². The molecule has 11 amide bonds.